The average Bonchev–Trinajstić information content (AvgIpc) is 3.32. The lowest BCUT2D eigenvalue weighted by atomic mass is 10.2. The van der Waals surface area contributed by atoms with E-state index < -0.39 is 28.5 Å². The van der Waals surface area contributed by atoms with Crippen LogP contribution in [0.4, 0.5) is 5.13 Å². The summed E-state index contributed by atoms with van der Waals surface area (Å²) in [6.45, 7) is 0.374. The van der Waals surface area contributed by atoms with Crippen LogP contribution in [0.25, 0.3) is 11.3 Å². The highest BCUT2D eigenvalue weighted by Gasteiger charge is 2.29. The number of benzene rings is 2. The monoisotopic (exact) mass is 521 g/mol. The molecular formula is C22H20ClN3O6S2. The standard InChI is InChI=1S/C22H20ClN3O6S2/c23-17-7-6-16(12-19(17)34(29,30)26-8-10-31-11-9-26)21(28)32-13-20(27)25-22-24-18(14-33-22)15-4-2-1-3-5-15/h1-7,12,14H,8-11,13H2,(H,24,25,27). The molecule has 0 bridgehead atoms. The first-order valence-electron chi connectivity index (χ1n) is 10.2. The van der Waals surface area contributed by atoms with Crippen molar-refractivity contribution in [2.75, 3.05) is 38.2 Å². The number of nitrogens with one attached hydrogen (secondary N) is 1. The van der Waals surface area contributed by atoms with E-state index in [0.29, 0.717) is 10.8 Å². The molecule has 1 amide bonds. The summed E-state index contributed by atoms with van der Waals surface area (Å²) < 4.78 is 37.3. The van der Waals surface area contributed by atoms with Crippen LogP contribution in [0.2, 0.25) is 5.02 Å². The van der Waals surface area contributed by atoms with Gasteiger partial charge in [-0.25, -0.2) is 18.2 Å². The minimum absolute atomic E-state index is 0.0150. The highest BCUT2D eigenvalue weighted by molar-refractivity contribution is 7.89. The fraction of sp³-hybridized carbons (Fsp3) is 0.227. The van der Waals surface area contributed by atoms with Crippen molar-refractivity contribution >= 4 is 50.0 Å². The van der Waals surface area contributed by atoms with Gasteiger partial charge in [0.15, 0.2) is 11.7 Å². The minimum Gasteiger partial charge on any atom is -0.452 e. The molecule has 178 valence electrons. The highest BCUT2D eigenvalue weighted by atomic mass is 35.5. The molecule has 0 unspecified atom stereocenters. The Morgan fingerprint density at radius 1 is 1.15 bits per heavy atom. The van der Waals surface area contributed by atoms with E-state index in [-0.39, 0.29) is 41.8 Å². The van der Waals surface area contributed by atoms with E-state index in [9.17, 15) is 18.0 Å². The Labute approximate surface area is 205 Å². The first kappa shape index (κ1) is 24.3. The van der Waals surface area contributed by atoms with Gasteiger partial charge < -0.3 is 9.47 Å². The van der Waals surface area contributed by atoms with Crippen LogP contribution in [0.3, 0.4) is 0 Å². The number of aromatic nitrogens is 1. The number of nitrogens with zero attached hydrogens (tertiary/aromatic N) is 2. The molecule has 0 spiro atoms. The van der Waals surface area contributed by atoms with Gasteiger partial charge >= 0.3 is 5.97 Å². The lowest BCUT2D eigenvalue weighted by Gasteiger charge is -2.26. The zero-order chi connectivity index (χ0) is 24.1. The molecular weight excluding hydrogens is 502 g/mol. The lowest BCUT2D eigenvalue weighted by molar-refractivity contribution is -0.119. The van der Waals surface area contributed by atoms with Gasteiger partial charge in [-0.3, -0.25) is 10.1 Å². The van der Waals surface area contributed by atoms with Crippen molar-refractivity contribution in [1.29, 1.82) is 0 Å². The molecule has 1 N–H and O–H groups in total. The van der Waals surface area contributed by atoms with Crippen molar-refractivity contribution in [2.24, 2.45) is 0 Å². The quantitative estimate of drug-likeness (QED) is 0.474. The van der Waals surface area contributed by atoms with Crippen molar-refractivity contribution < 1.29 is 27.5 Å². The Bertz CT molecular complexity index is 1290. The molecule has 9 nitrogen and oxygen atoms in total. The number of carbonyl (C=O) groups is 2. The van der Waals surface area contributed by atoms with Gasteiger partial charge in [-0.05, 0) is 18.2 Å². The van der Waals surface area contributed by atoms with Crippen LogP contribution in [0.5, 0.6) is 0 Å². The summed E-state index contributed by atoms with van der Waals surface area (Å²) >= 11 is 7.35. The number of anilines is 1. The number of hydrogen-bond donors (Lipinski definition) is 1. The zero-order valence-corrected chi connectivity index (χ0v) is 20.2. The van der Waals surface area contributed by atoms with Gasteiger partial charge in [-0.1, -0.05) is 41.9 Å². The highest BCUT2D eigenvalue weighted by Crippen LogP contribution is 2.27. The Hall–Kier alpha value is -2.83. The number of amides is 1. The van der Waals surface area contributed by atoms with Crippen LogP contribution in [0.15, 0.2) is 58.8 Å². The summed E-state index contributed by atoms with van der Waals surface area (Å²) in [5.41, 5.74) is 1.59. The summed E-state index contributed by atoms with van der Waals surface area (Å²) in [5.74, 6) is -1.42. The number of thiazole rings is 1. The van der Waals surface area contributed by atoms with E-state index in [0.717, 1.165) is 11.6 Å². The van der Waals surface area contributed by atoms with Crippen molar-refractivity contribution in [1.82, 2.24) is 9.29 Å². The fourth-order valence-electron chi connectivity index (χ4n) is 3.20. The van der Waals surface area contributed by atoms with Crippen LogP contribution in [-0.2, 0) is 24.3 Å². The van der Waals surface area contributed by atoms with E-state index in [1.54, 1.807) is 5.38 Å². The molecule has 0 radical (unpaired) electrons. The number of hydrogen-bond acceptors (Lipinski definition) is 8. The molecule has 0 saturated carbocycles. The number of rotatable bonds is 7. The maximum absolute atomic E-state index is 12.9. The molecule has 34 heavy (non-hydrogen) atoms. The Kier molecular flexibility index (Phi) is 7.59. The third kappa shape index (κ3) is 5.62. The van der Waals surface area contributed by atoms with Crippen molar-refractivity contribution in [3.8, 4) is 11.3 Å². The molecule has 0 atom stereocenters. The van der Waals surface area contributed by atoms with Gasteiger partial charge in [0.1, 0.15) is 4.90 Å². The van der Waals surface area contributed by atoms with Gasteiger partial charge in [0, 0.05) is 24.0 Å². The molecule has 4 rings (SSSR count). The van der Waals surface area contributed by atoms with Crippen LogP contribution >= 0.6 is 22.9 Å². The molecule has 3 aromatic rings. The van der Waals surface area contributed by atoms with Gasteiger partial charge in [-0.15, -0.1) is 11.3 Å². The smallest absolute Gasteiger partial charge is 0.338 e. The lowest BCUT2D eigenvalue weighted by Crippen LogP contribution is -2.40. The van der Waals surface area contributed by atoms with Crippen LogP contribution in [0, 0.1) is 0 Å². The summed E-state index contributed by atoms with van der Waals surface area (Å²) in [6.07, 6.45) is 0. The molecule has 2 heterocycles. The van der Waals surface area contributed by atoms with Crippen molar-refractivity contribution in [3.05, 3.63) is 64.5 Å². The van der Waals surface area contributed by atoms with E-state index in [2.05, 4.69) is 10.3 Å². The zero-order valence-electron chi connectivity index (χ0n) is 17.8. The van der Waals surface area contributed by atoms with Gasteiger partial charge in [0.05, 0.1) is 29.5 Å². The second-order valence-electron chi connectivity index (χ2n) is 7.19. The summed E-state index contributed by atoms with van der Waals surface area (Å²) in [4.78, 5) is 28.8. The predicted molar refractivity (Wildman–Crippen MR) is 127 cm³/mol. The molecule has 1 saturated heterocycles. The van der Waals surface area contributed by atoms with Gasteiger partial charge in [-0.2, -0.15) is 4.31 Å². The molecule has 1 aromatic heterocycles. The predicted octanol–water partition coefficient (Wildman–Crippen LogP) is 3.28. The number of ether oxygens (including phenoxy) is 2. The minimum atomic E-state index is -3.91. The topological polar surface area (TPSA) is 115 Å². The van der Waals surface area contributed by atoms with E-state index in [1.165, 1.54) is 27.8 Å². The largest absolute Gasteiger partial charge is 0.452 e. The second kappa shape index (κ2) is 10.6. The third-order valence-electron chi connectivity index (χ3n) is 4.91. The summed E-state index contributed by atoms with van der Waals surface area (Å²) in [7, 11) is -3.91. The number of esters is 1. The fourth-order valence-corrected chi connectivity index (χ4v) is 5.84. The van der Waals surface area contributed by atoms with E-state index >= 15 is 0 Å². The van der Waals surface area contributed by atoms with E-state index in [1.807, 2.05) is 30.3 Å². The summed E-state index contributed by atoms with van der Waals surface area (Å²) in [5, 5.41) is 4.74. The first-order valence-corrected chi connectivity index (χ1v) is 12.9. The molecule has 12 heteroatoms. The van der Waals surface area contributed by atoms with Crippen LogP contribution in [-0.4, -0.2) is 62.5 Å². The Balaban J connectivity index is 1.38. The normalized spacial score (nSPS) is 14.5. The molecule has 2 aromatic carbocycles. The van der Waals surface area contributed by atoms with Crippen LogP contribution < -0.4 is 5.32 Å². The second-order valence-corrected chi connectivity index (χ2v) is 10.4. The summed E-state index contributed by atoms with van der Waals surface area (Å²) in [6, 6.07) is 13.3. The average molecular weight is 522 g/mol. The Morgan fingerprint density at radius 3 is 2.62 bits per heavy atom. The third-order valence-corrected chi connectivity index (χ3v) is 8.05. The molecule has 1 aliphatic rings. The van der Waals surface area contributed by atoms with Crippen molar-refractivity contribution in [3.63, 3.8) is 0 Å². The SMILES string of the molecule is O=C(COC(=O)c1ccc(Cl)c(S(=O)(=O)N2CCOCC2)c1)Nc1nc(-c2ccccc2)cs1. The molecule has 0 aliphatic carbocycles. The van der Waals surface area contributed by atoms with Gasteiger partial charge in [0.25, 0.3) is 5.91 Å². The maximum Gasteiger partial charge on any atom is 0.338 e. The van der Waals surface area contributed by atoms with Gasteiger partial charge in [0.2, 0.25) is 10.0 Å². The van der Waals surface area contributed by atoms with E-state index in [4.69, 9.17) is 21.1 Å². The Morgan fingerprint density at radius 2 is 1.88 bits per heavy atom. The molecule has 1 fully saturated rings. The number of morpholine rings is 1. The molecule has 1 aliphatic heterocycles. The number of sulfonamides is 1. The van der Waals surface area contributed by atoms with Crippen LogP contribution in [0.1, 0.15) is 10.4 Å². The number of halogens is 1. The number of carbonyl (C=O) groups excluding carboxylic acids is 2. The van der Waals surface area contributed by atoms with Crippen molar-refractivity contribution in [2.45, 2.75) is 4.90 Å². The maximum atomic E-state index is 12.9. The first-order chi connectivity index (χ1) is 16.3.